The van der Waals surface area contributed by atoms with Crippen LogP contribution < -0.4 is 14.8 Å². The molecular weight excluding hydrogens is 380 g/mol. The fraction of sp³-hybridized carbons (Fsp3) is 0.304. The number of aromatic nitrogens is 2. The minimum Gasteiger partial charge on any atom is -0.497 e. The monoisotopic (exact) mass is 404 g/mol. The van der Waals surface area contributed by atoms with Gasteiger partial charge in [0, 0.05) is 30.6 Å². The maximum absolute atomic E-state index is 6.46. The lowest BCUT2D eigenvalue weighted by molar-refractivity contribution is 0.115. The first-order valence-electron chi connectivity index (χ1n) is 10.1. The molecule has 0 bridgehead atoms. The van der Waals surface area contributed by atoms with Gasteiger partial charge in [0.1, 0.15) is 29.7 Å². The lowest BCUT2D eigenvalue weighted by atomic mass is 10.1. The second kappa shape index (κ2) is 7.84. The zero-order chi connectivity index (χ0) is 20.5. The third-order valence-electron chi connectivity index (χ3n) is 5.60. The van der Waals surface area contributed by atoms with Crippen molar-refractivity contribution < 1.29 is 13.9 Å². The summed E-state index contributed by atoms with van der Waals surface area (Å²) in [6.07, 6.45) is 5.35. The summed E-state index contributed by atoms with van der Waals surface area (Å²) in [7, 11) is 3.79. The second-order valence-electron chi connectivity index (χ2n) is 7.63. The van der Waals surface area contributed by atoms with Gasteiger partial charge in [-0.05, 0) is 32.0 Å². The molecule has 0 radical (unpaired) electrons. The van der Waals surface area contributed by atoms with Crippen LogP contribution in [0.15, 0.2) is 53.4 Å². The minimum absolute atomic E-state index is 0.151. The van der Waals surface area contributed by atoms with E-state index in [1.54, 1.807) is 19.7 Å². The maximum Gasteiger partial charge on any atom is 0.157 e. The van der Waals surface area contributed by atoms with Gasteiger partial charge in [0.2, 0.25) is 0 Å². The Bertz CT molecular complexity index is 1180. The number of methoxy groups -OCH3 is 1. The Morgan fingerprint density at radius 1 is 1.13 bits per heavy atom. The Kier molecular flexibility index (Phi) is 4.88. The molecule has 4 aromatic rings. The average Bonchev–Trinajstić information content (AvgIpc) is 3.25. The van der Waals surface area contributed by atoms with Gasteiger partial charge < -0.3 is 24.1 Å². The summed E-state index contributed by atoms with van der Waals surface area (Å²) in [6, 6.07) is 11.7. The van der Waals surface area contributed by atoms with Crippen molar-refractivity contribution in [1.29, 1.82) is 0 Å². The first-order valence-corrected chi connectivity index (χ1v) is 10.1. The van der Waals surface area contributed by atoms with Crippen LogP contribution in [-0.2, 0) is 0 Å². The fourth-order valence-electron chi connectivity index (χ4n) is 3.94. The van der Waals surface area contributed by atoms with E-state index in [2.05, 4.69) is 27.2 Å². The van der Waals surface area contributed by atoms with E-state index in [-0.39, 0.29) is 6.10 Å². The predicted molar refractivity (Wildman–Crippen MR) is 117 cm³/mol. The van der Waals surface area contributed by atoms with Gasteiger partial charge in [0.15, 0.2) is 5.58 Å². The molecule has 30 heavy (non-hydrogen) atoms. The van der Waals surface area contributed by atoms with Gasteiger partial charge in [0.05, 0.1) is 30.0 Å². The first kappa shape index (κ1) is 18.7. The van der Waals surface area contributed by atoms with Crippen LogP contribution in [0.3, 0.4) is 0 Å². The number of rotatable bonds is 5. The third-order valence-corrected chi connectivity index (χ3v) is 5.60. The molecule has 1 N–H and O–H groups in total. The topological polar surface area (TPSA) is 72.7 Å². The lowest BCUT2D eigenvalue weighted by Gasteiger charge is -2.29. The molecule has 7 heteroatoms. The number of nitrogens with one attached hydrogen (secondary N) is 1. The molecular formula is C23H24N4O3. The zero-order valence-electron chi connectivity index (χ0n) is 17.1. The highest BCUT2D eigenvalue weighted by molar-refractivity contribution is 5.99. The number of para-hydroxylation sites is 1. The number of hydrogen-bond donors (Lipinski definition) is 1. The van der Waals surface area contributed by atoms with E-state index in [1.165, 1.54) is 0 Å². The largest absolute Gasteiger partial charge is 0.497 e. The van der Waals surface area contributed by atoms with Crippen molar-refractivity contribution in [1.82, 2.24) is 14.9 Å². The average molecular weight is 404 g/mol. The lowest BCUT2D eigenvalue weighted by Crippen LogP contribution is -2.35. The van der Waals surface area contributed by atoms with E-state index in [0.29, 0.717) is 11.6 Å². The molecule has 7 nitrogen and oxygen atoms in total. The number of piperidine rings is 1. The molecule has 1 aliphatic rings. The first-order chi connectivity index (χ1) is 14.7. The van der Waals surface area contributed by atoms with Crippen LogP contribution in [0.25, 0.3) is 21.9 Å². The molecule has 0 atom stereocenters. The summed E-state index contributed by atoms with van der Waals surface area (Å²) < 4.78 is 17.6. The molecule has 2 aromatic heterocycles. The van der Waals surface area contributed by atoms with Crippen LogP contribution in [0.5, 0.6) is 11.5 Å². The molecule has 0 amide bonds. The minimum atomic E-state index is 0.151. The molecule has 154 valence electrons. The summed E-state index contributed by atoms with van der Waals surface area (Å²) in [5, 5.41) is 5.29. The van der Waals surface area contributed by atoms with Crippen molar-refractivity contribution in [2.24, 2.45) is 0 Å². The number of hydrogen-bond acceptors (Lipinski definition) is 7. The Morgan fingerprint density at radius 2 is 2.00 bits per heavy atom. The zero-order valence-corrected chi connectivity index (χ0v) is 17.1. The Labute approximate surface area is 174 Å². The van der Waals surface area contributed by atoms with Gasteiger partial charge in [-0.3, -0.25) is 0 Å². The van der Waals surface area contributed by atoms with E-state index < -0.39 is 0 Å². The molecule has 0 spiro atoms. The Morgan fingerprint density at radius 3 is 2.83 bits per heavy atom. The number of likely N-dealkylation sites (tertiary alicyclic amines) is 1. The van der Waals surface area contributed by atoms with Crippen molar-refractivity contribution in [3.8, 4) is 11.5 Å². The summed E-state index contributed by atoms with van der Waals surface area (Å²) in [4.78, 5) is 11.3. The summed E-state index contributed by atoms with van der Waals surface area (Å²) in [6.45, 7) is 2.04. The highest BCUT2D eigenvalue weighted by Gasteiger charge is 2.21. The van der Waals surface area contributed by atoms with Crippen LogP contribution in [-0.4, -0.2) is 48.2 Å². The SMILES string of the molecule is COc1cc(OC2CCN(C)CC2)c2c(Nc3cccc4ccoc34)ncnc2c1. The molecule has 0 unspecified atom stereocenters. The van der Waals surface area contributed by atoms with Crippen molar-refractivity contribution >= 4 is 33.4 Å². The molecule has 1 aliphatic heterocycles. The van der Waals surface area contributed by atoms with Gasteiger partial charge in [0.25, 0.3) is 0 Å². The van der Waals surface area contributed by atoms with Gasteiger partial charge in [-0.15, -0.1) is 0 Å². The molecule has 1 fully saturated rings. The van der Waals surface area contributed by atoms with Crippen molar-refractivity contribution in [2.75, 3.05) is 32.6 Å². The molecule has 0 saturated carbocycles. The smallest absolute Gasteiger partial charge is 0.157 e. The van der Waals surface area contributed by atoms with Gasteiger partial charge in [-0.1, -0.05) is 12.1 Å². The van der Waals surface area contributed by atoms with E-state index in [4.69, 9.17) is 13.9 Å². The van der Waals surface area contributed by atoms with Crippen LogP contribution >= 0.6 is 0 Å². The number of furan rings is 1. The Hall–Kier alpha value is -3.32. The summed E-state index contributed by atoms with van der Waals surface area (Å²) in [5.74, 6) is 2.12. The third kappa shape index (κ3) is 3.52. The van der Waals surface area contributed by atoms with Crippen LogP contribution in [0.4, 0.5) is 11.5 Å². The van der Waals surface area contributed by atoms with Crippen LogP contribution in [0.2, 0.25) is 0 Å². The van der Waals surface area contributed by atoms with Gasteiger partial charge in [-0.25, -0.2) is 9.97 Å². The normalized spacial score (nSPS) is 15.5. The summed E-state index contributed by atoms with van der Waals surface area (Å²) >= 11 is 0. The van der Waals surface area contributed by atoms with Crippen molar-refractivity contribution in [3.05, 3.63) is 49.0 Å². The Balaban J connectivity index is 1.57. The highest BCUT2D eigenvalue weighted by atomic mass is 16.5. The second-order valence-corrected chi connectivity index (χ2v) is 7.63. The van der Waals surface area contributed by atoms with Crippen molar-refractivity contribution in [2.45, 2.75) is 18.9 Å². The standard InChI is InChI=1S/C23H24N4O3/c1-27-9-6-16(7-10-27)30-20-13-17(28-2)12-19-21(20)23(25-14-24-19)26-18-5-3-4-15-8-11-29-22(15)18/h3-5,8,11-14,16H,6-7,9-10H2,1-2H3,(H,24,25,26). The number of ether oxygens (including phenoxy) is 2. The quantitative estimate of drug-likeness (QED) is 0.521. The molecule has 5 rings (SSSR count). The number of anilines is 2. The number of nitrogens with zero attached hydrogens (tertiary/aromatic N) is 3. The van der Waals surface area contributed by atoms with Gasteiger partial charge in [-0.2, -0.15) is 0 Å². The predicted octanol–water partition coefficient (Wildman–Crippen LogP) is 4.60. The fourth-order valence-corrected chi connectivity index (χ4v) is 3.94. The van der Waals surface area contributed by atoms with E-state index in [0.717, 1.165) is 59.2 Å². The van der Waals surface area contributed by atoms with Crippen molar-refractivity contribution in [3.63, 3.8) is 0 Å². The van der Waals surface area contributed by atoms with E-state index >= 15 is 0 Å². The maximum atomic E-state index is 6.46. The molecule has 1 saturated heterocycles. The van der Waals surface area contributed by atoms with E-state index in [1.807, 2.05) is 36.4 Å². The van der Waals surface area contributed by atoms with Crippen LogP contribution in [0.1, 0.15) is 12.8 Å². The highest BCUT2D eigenvalue weighted by Crippen LogP contribution is 2.37. The molecule has 3 heterocycles. The van der Waals surface area contributed by atoms with E-state index in [9.17, 15) is 0 Å². The van der Waals surface area contributed by atoms with Crippen LogP contribution in [0, 0.1) is 0 Å². The number of fused-ring (bicyclic) bond motifs is 2. The molecule has 0 aliphatic carbocycles. The summed E-state index contributed by atoms with van der Waals surface area (Å²) in [5.41, 5.74) is 2.40. The van der Waals surface area contributed by atoms with Gasteiger partial charge >= 0.3 is 0 Å². The number of benzene rings is 2. The molecule has 2 aromatic carbocycles.